The molecule has 0 spiro atoms. The number of rotatable bonds is 22. The second kappa shape index (κ2) is 18.5. The molecule has 172 valence electrons. The minimum atomic E-state index is -3.66. The van der Waals surface area contributed by atoms with E-state index in [2.05, 4.69) is 26.1 Å². The van der Waals surface area contributed by atoms with Crippen LogP contribution in [0.3, 0.4) is 0 Å². The summed E-state index contributed by atoms with van der Waals surface area (Å²) in [4.78, 5) is 21.2. The van der Waals surface area contributed by atoms with Crippen molar-refractivity contribution in [1.82, 2.24) is 0 Å². The van der Waals surface area contributed by atoms with E-state index in [0.29, 0.717) is 12.3 Å². The molecule has 0 amide bonds. The summed E-state index contributed by atoms with van der Waals surface area (Å²) in [6, 6.07) is 0. The van der Waals surface area contributed by atoms with Crippen LogP contribution in [0.15, 0.2) is 0 Å². The molecule has 0 aromatic carbocycles. The first-order valence-corrected chi connectivity index (χ1v) is 16.3. The van der Waals surface area contributed by atoms with Crippen molar-refractivity contribution in [2.45, 2.75) is 142 Å². The van der Waals surface area contributed by atoms with Gasteiger partial charge in [-0.25, -0.2) is 0 Å². The molecule has 0 aliphatic carbocycles. The maximum atomic E-state index is 10.6. The molecule has 0 saturated heterocycles. The summed E-state index contributed by atoms with van der Waals surface area (Å²) in [5.41, 5.74) is 0. The Hall–Kier alpha value is 0.700. The van der Waals surface area contributed by atoms with Crippen molar-refractivity contribution in [1.29, 1.82) is 0 Å². The summed E-state index contributed by atoms with van der Waals surface area (Å²) in [6.45, 7) is 4.52. The average molecular weight is 437 g/mol. The molecule has 4 heteroatoms. The van der Waals surface area contributed by atoms with E-state index in [4.69, 9.17) is 0 Å². The number of thiol groups is 1. The number of hydrogen-bond acceptors (Lipinski definition) is 3. The third kappa shape index (κ3) is 21.4. The van der Waals surface area contributed by atoms with E-state index in [1.54, 1.807) is 0 Å². The molecule has 0 bridgehead atoms. The molecule has 2 nitrogen and oxygen atoms in total. The molecule has 0 aromatic heterocycles. The van der Waals surface area contributed by atoms with Gasteiger partial charge >= 0.3 is 183 Å². The Morgan fingerprint density at radius 3 is 0.893 bits per heavy atom. The normalized spacial score (nSPS) is 13.5. The Balaban J connectivity index is 3.51. The van der Waals surface area contributed by atoms with Crippen LogP contribution in [0, 0.1) is 0 Å². The first kappa shape index (κ1) is 28.7. The Bertz CT molecular complexity index is 300. The third-order valence-corrected chi connectivity index (χ3v) is 9.60. The summed E-state index contributed by atoms with van der Waals surface area (Å²) in [5, 5.41) is 0. The Morgan fingerprint density at radius 2 is 0.643 bits per heavy atom. The van der Waals surface area contributed by atoms with Gasteiger partial charge in [-0.15, -0.1) is 0 Å². The molecule has 2 N–H and O–H groups in total. The van der Waals surface area contributed by atoms with Crippen LogP contribution in [0.1, 0.15) is 142 Å². The quantitative estimate of drug-likeness (QED) is 0.0899. The molecule has 0 heterocycles. The van der Waals surface area contributed by atoms with Crippen molar-refractivity contribution < 1.29 is 9.79 Å². The Labute approximate surface area is 182 Å². The van der Waals surface area contributed by atoms with Gasteiger partial charge in [0.05, 0.1) is 0 Å². The van der Waals surface area contributed by atoms with Gasteiger partial charge in [0, 0.05) is 0 Å². The van der Waals surface area contributed by atoms with Gasteiger partial charge in [-0.1, -0.05) is 0 Å². The van der Waals surface area contributed by atoms with Crippen LogP contribution in [0.5, 0.6) is 0 Å². The van der Waals surface area contributed by atoms with Crippen LogP contribution in [-0.4, -0.2) is 22.1 Å². The van der Waals surface area contributed by atoms with Gasteiger partial charge in [-0.05, 0) is 0 Å². The summed E-state index contributed by atoms with van der Waals surface area (Å²) in [5.74, 6) is 0. The van der Waals surface area contributed by atoms with Crippen LogP contribution in [0.25, 0.3) is 0 Å². The minimum absolute atomic E-state index is 0.517. The zero-order chi connectivity index (χ0) is 21.0. The molecule has 0 saturated carbocycles. The van der Waals surface area contributed by atoms with Crippen LogP contribution in [0.4, 0.5) is 0 Å². The molecular weight excluding hydrogens is 383 g/mol. The summed E-state index contributed by atoms with van der Waals surface area (Å²) < 4.78 is 0. The second-order valence-electron chi connectivity index (χ2n) is 9.15. The van der Waals surface area contributed by atoms with Gasteiger partial charge in [0.15, 0.2) is 0 Å². The van der Waals surface area contributed by atoms with Crippen molar-refractivity contribution in [3.63, 3.8) is 0 Å². The van der Waals surface area contributed by atoms with Crippen molar-refractivity contribution in [2.24, 2.45) is 0 Å². The van der Waals surface area contributed by atoms with E-state index in [0.717, 1.165) is 25.7 Å². The van der Waals surface area contributed by atoms with E-state index in [9.17, 15) is 9.79 Å². The topological polar surface area (TPSA) is 40.5 Å². The van der Waals surface area contributed by atoms with Gasteiger partial charge < -0.3 is 0 Å². The van der Waals surface area contributed by atoms with E-state index >= 15 is 0 Å². The van der Waals surface area contributed by atoms with E-state index in [-0.39, 0.29) is 0 Å². The van der Waals surface area contributed by atoms with Crippen molar-refractivity contribution >= 4 is 18.5 Å². The second-order valence-corrected chi connectivity index (χ2v) is 15.5. The summed E-state index contributed by atoms with van der Waals surface area (Å²) in [6.07, 6.45) is 22.8. The maximum absolute atomic E-state index is 10.6. The standard InChI is InChI=1S/C24H53O2PS/c1-3-5-7-9-11-13-15-17-19-21-23-27(25,26,28)24-22-20-18-16-14-12-10-8-6-4-2/h25-26,28H,3-24H2,1-2H3. The van der Waals surface area contributed by atoms with Crippen LogP contribution < -0.4 is 0 Å². The molecule has 28 heavy (non-hydrogen) atoms. The Kier molecular flexibility index (Phi) is 18.9. The number of hydrogen-bond donors (Lipinski definition) is 3. The SMILES string of the molecule is CCCCCCCCCCCCP(O)(O)(S)CCCCCCCCCCCC. The first-order chi connectivity index (χ1) is 13.4. The average Bonchev–Trinajstić information content (AvgIpc) is 2.64. The fraction of sp³-hybridized carbons (Fsp3) is 1.00. The first-order valence-electron chi connectivity index (χ1n) is 12.6. The molecule has 0 rings (SSSR count). The summed E-state index contributed by atoms with van der Waals surface area (Å²) >= 11 is 4.37. The fourth-order valence-electron chi connectivity index (χ4n) is 3.96. The fourth-order valence-corrected chi connectivity index (χ4v) is 6.77. The van der Waals surface area contributed by atoms with Crippen LogP contribution in [0.2, 0.25) is 0 Å². The molecule has 0 aliphatic heterocycles. The van der Waals surface area contributed by atoms with Crippen molar-refractivity contribution in [3.05, 3.63) is 0 Å². The van der Waals surface area contributed by atoms with Crippen molar-refractivity contribution in [3.8, 4) is 0 Å². The summed E-state index contributed by atoms with van der Waals surface area (Å²) in [7, 11) is 0. The molecule has 0 aromatic rings. The molecule has 0 atom stereocenters. The van der Waals surface area contributed by atoms with Crippen LogP contribution in [-0.2, 0) is 0 Å². The van der Waals surface area contributed by atoms with Crippen LogP contribution >= 0.6 is 18.5 Å². The van der Waals surface area contributed by atoms with Gasteiger partial charge in [0.25, 0.3) is 0 Å². The predicted octanol–water partition coefficient (Wildman–Crippen LogP) is 9.04. The van der Waals surface area contributed by atoms with Gasteiger partial charge in [-0.3, -0.25) is 0 Å². The monoisotopic (exact) mass is 436 g/mol. The molecule has 0 fully saturated rings. The van der Waals surface area contributed by atoms with E-state index < -0.39 is 6.26 Å². The molecular formula is C24H53O2PS. The van der Waals surface area contributed by atoms with E-state index in [1.807, 2.05) is 0 Å². The number of unbranched alkanes of at least 4 members (excludes halogenated alkanes) is 18. The Morgan fingerprint density at radius 1 is 0.429 bits per heavy atom. The molecule has 0 unspecified atom stereocenters. The predicted molar refractivity (Wildman–Crippen MR) is 134 cm³/mol. The third-order valence-electron chi connectivity index (χ3n) is 5.94. The zero-order valence-electron chi connectivity index (χ0n) is 19.3. The van der Waals surface area contributed by atoms with Gasteiger partial charge in [-0.2, -0.15) is 0 Å². The molecule has 0 aliphatic rings. The van der Waals surface area contributed by atoms with Gasteiger partial charge in [0.1, 0.15) is 0 Å². The van der Waals surface area contributed by atoms with Gasteiger partial charge in [0.2, 0.25) is 0 Å². The van der Waals surface area contributed by atoms with Crippen molar-refractivity contribution in [2.75, 3.05) is 12.3 Å². The molecule has 0 radical (unpaired) electrons. The zero-order valence-corrected chi connectivity index (χ0v) is 21.1. The van der Waals surface area contributed by atoms with E-state index in [1.165, 1.54) is 103 Å².